The van der Waals surface area contributed by atoms with Gasteiger partial charge in [-0.05, 0) is 35.5 Å². The Morgan fingerprint density at radius 1 is 1.22 bits per heavy atom. The van der Waals surface area contributed by atoms with Gasteiger partial charge in [0, 0.05) is 39.1 Å². The third-order valence-corrected chi connectivity index (χ3v) is 5.54. The van der Waals surface area contributed by atoms with Crippen LogP contribution in [0.1, 0.15) is 12.0 Å². The molecule has 0 atom stereocenters. The number of rotatable bonds is 5. The van der Waals surface area contributed by atoms with E-state index < -0.39 is 0 Å². The second kappa shape index (κ2) is 8.93. The molecule has 27 heavy (non-hydrogen) atoms. The van der Waals surface area contributed by atoms with Gasteiger partial charge in [-0.25, -0.2) is 0 Å². The average molecular weight is 386 g/mol. The van der Waals surface area contributed by atoms with E-state index in [9.17, 15) is 4.79 Å². The monoisotopic (exact) mass is 386 g/mol. The molecular formula is C19H22N4O3S. The third-order valence-electron chi connectivity index (χ3n) is 4.50. The van der Waals surface area contributed by atoms with Crippen molar-refractivity contribution in [2.24, 2.45) is 4.99 Å². The number of benzene rings is 1. The van der Waals surface area contributed by atoms with Gasteiger partial charge in [-0.1, -0.05) is 6.07 Å². The summed E-state index contributed by atoms with van der Waals surface area (Å²) < 4.78 is 10.6. The summed E-state index contributed by atoms with van der Waals surface area (Å²) in [6.07, 6.45) is 2.38. The highest BCUT2D eigenvalue weighted by Gasteiger charge is 2.28. The molecule has 0 saturated carbocycles. The predicted octanol–water partition coefficient (Wildman–Crippen LogP) is 2.21. The molecule has 0 N–H and O–H groups in total. The van der Waals surface area contributed by atoms with Crippen LogP contribution in [0.3, 0.4) is 0 Å². The van der Waals surface area contributed by atoms with Crippen LogP contribution in [0.15, 0.2) is 28.1 Å². The van der Waals surface area contributed by atoms with E-state index in [0.29, 0.717) is 22.8 Å². The lowest BCUT2D eigenvalue weighted by Crippen LogP contribution is -2.47. The molecule has 142 valence electrons. The van der Waals surface area contributed by atoms with Gasteiger partial charge in [-0.2, -0.15) is 10.3 Å². The van der Waals surface area contributed by atoms with Gasteiger partial charge >= 0.3 is 0 Å². The van der Waals surface area contributed by atoms with E-state index in [0.717, 1.165) is 43.5 Å². The Kier molecular flexibility index (Phi) is 6.37. The molecule has 0 aromatic heterocycles. The zero-order valence-corrected chi connectivity index (χ0v) is 16.3. The quantitative estimate of drug-likeness (QED) is 0.718. The highest BCUT2D eigenvalue weighted by molar-refractivity contribution is 8.18. The minimum atomic E-state index is -0.211. The van der Waals surface area contributed by atoms with Crippen molar-refractivity contribution in [3.63, 3.8) is 0 Å². The number of amidine groups is 1. The van der Waals surface area contributed by atoms with Gasteiger partial charge in [0.25, 0.3) is 5.91 Å². The highest BCUT2D eigenvalue weighted by atomic mass is 32.2. The van der Waals surface area contributed by atoms with Crippen LogP contribution in [0.2, 0.25) is 0 Å². The van der Waals surface area contributed by atoms with Crippen molar-refractivity contribution < 1.29 is 14.3 Å². The molecule has 8 heteroatoms. The van der Waals surface area contributed by atoms with Crippen molar-refractivity contribution in [1.29, 1.82) is 5.26 Å². The number of thioether (sulfide) groups is 1. The van der Waals surface area contributed by atoms with E-state index in [1.54, 1.807) is 14.2 Å². The molecule has 2 aliphatic rings. The zero-order chi connectivity index (χ0) is 19.2. The third kappa shape index (κ3) is 4.62. The Labute approximate surface area is 163 Å². The Balaban J connectivity index is 1.64. The number of carbonyl (C=O) groups excluding carboxylic acids is 1. The molecule has 1 aromatic rings. The van der Waals surface area contributed by atoms with Crippen molar-refractivity contribution in [2.75, 3.05) is 46.9 Å². The molecule has 0 radical (unpaired) electrons. The van der Waals surface area contributed by atoms with Crippen LogP contribution >= 0.6 is 11.8 Å². The van der Waals surface area contributed by atoms with Gasteiger partial charge in [-0.3, -0.25) is 9.69 Å². The van der Waals surface area contributed by atoms with Crippen molar-refractivity contribution in [3.05, 3.63) is 28.7 Å². The number of piperazine rings is 1. The van der Waals surface area contributed by atoms with Crippen LogP contribution < -0.4 is 9.47 Å². The zero-order valence-electron chi connectivity index (χ0n) is 15.5. The maximum Gasteiger partial charge on any atom is 0.286 e. The van der Waals surface area contributed by atoms with Crippen LogP contribution in [0.25, 0.3) is 6.08 Å². The van der Waals surface area contributed by atoms with E-state index in [4.69, 9.17) is 14.7 Å². The molecule has 7 nitrogen and oxygen atoms in total. The lowest BCUT2D eigenvalue weighted by molar-refractivity contribution is -0.113. The Morgan fingerprint density at radius 3 is 2.63 bits per heavy atom. The summed E-state index contributed by atoms with van der Waals surface area (Å²) in [7, 11) is 3.17. The Morgan fingerprint density at radius 2 is 1.96 bits per heavy atom. The SMILES string of the molecule is COc1ccc(/C=C2\SC(N3CCN(CCC#N)CC3)=NC2=O)cc1OC. The molecule has 2 heterocycles. The molecule has 3 rings (SSSR count). The smallest absolute Gasteiger partial charge is 0.286 e. The molecule has 2 aliphatic heterocycles. The lowest BCUT2D eigenvalue weighted by Gasteiger charge is -2.34. The molecule has 0 aliphatic carbocycles. The van der Waals surface area contributed by atoms with Crippen LogP contribution in [0.5, 0.6) is 11.5 Å². The largest absolute Gasteiger partial charge is 0.493 e. The number of nitrogens with zero attached hydrogens (tertiary/aromatic N) is 4. The summed E-state index contributed by atoms with van der Waals surface area (Å²) in [5.41, 5.74) is 0.862. The number of hydrogen-bond donors (Lipinski definition) is 0. The van der Waals surface area contributed by atoms with Crippen LogP contribution in [-0.2, 0) is 4.79 Å². The first-order chi connectivity index (χ1) is 13.1. The average Bonchev–Trinajstić information content (AvgIpc) is 3.07. The maximum atomic E-state index is 12.3. The number of hydrogen-bond acceptors (Lipinski definition) is 7. The fraction of sp³-hybridized carbons (Fsp3) is 0.421. The molecule has 0 bridgehead atoms. The molecule has 0 unspecified atom stereocenters. The summed E-state index contributed by atoms with van der Waals surface area (Å²) in [4.78, 5) is 21.5. The van der Waals surface area contributed by atoms with Crippen LogP contribution in [0.4, 0.5) is 0 Å². The number of amides is 1. The summed E-state index contributed by atoms with van der Waals surface area (Å²) in [6.45, 7) is 4.18. The fourth-order valence-corrected chi connectivity index (χ4v) is 3.96. The number of aliphatic imine (C=N–C) groups is 1. The molecule has 0 spiro atoms. The van der Waals surface area contributed by atoms with E-state index in [1.165, 1.54) is 11.8 Å². The van der Waals surface area contributed by atoms with Gasteiger partial charge in [0.1, 0.15) is 0 Å². The maximum absolute atomic E-state index is 12.3. The Bertz CT molecular complexity index is 808. The molecule has 1 aromatic carbocycles. The van der Waals surface area contributed by atoms with Gasteiger partial charge < -0.3 is 14.4 Å². The van der Waals surface area contributed by atoms with Crippen molar-refractivity contribution in [1.82, 2.24) is 9.80 Å². The number of nitriles is 1. The normalized spacial score (nSPS) is 19.1. The highest BCUT2D eigenvalue weighted by Crippen LogP contribution is 2.33. The number of carbonyl (C=O) groups is 1. The number of methoxy groups -OCH3 is 2. The van der Waals surface area contributed by atoms with Crippen LogP contribution in [0, 0.1) is 11.3 Å². The Hall–Kier alpha value is -2.50. The van der Waals surface area contributed by atoms with Gasteiger partial charge in [0.05, 0.1) is 25.2 Å². The first-order valence-electron chi connectivity index (χ1n) is 8.73. The predicted molar refractivity (Wildman–Crippen MR) is 106 cm³/mol. The molecule has 1 saturated heterocycles. The molecule has 1 fully saturated rings. The minimum Gasteiger partial charge on any atom is -0.493 e. The topological polar surface area (TPSA) is 78.2 Å². The minimum absolute atomic E-state index is 0.211. The fourth-order valence-electron chi connectivity index (χ4n) is 3.00. The second-order valence-electron chi connectivity index (χ2n) is 6.16. The van der Waals surface area contributed by atoms with E-state index >= 15 is 0 Å². The van der Waals surface area contributed by atoms with Crippen molar-refractivity contribution in [3.8, 4) is 17.6 Å². The lowest BCUT2D eigenvalue weighted by atomic mass is 10.2. The van der Waals surface area contributed by atoms with E-state index in [2.05, 4.69) is 20.9 Å². The first-order valence-corrected chi connectivity index (χ1v) is 9.55. The number of ether oxygens (including phenoxy) is 2. The van der Waals surface area contributed by atoms with Gasteiger partial charge in [-0.15, -0.1) is 0 Å². The summed E-state index contributed by atoms with van der Waals surface area (Å²) in [6, 6.07) is 7.72. The van der Waals surface area contributed by atoms with Gasteiger partial charge in [0.15, 0.2) is 16.7 Å². The standard InChI is InChI=1S/C19H22N4O3S/c1-25-15-5-4-14(12-16(15)26-2)13-17-18(24)21-19(27-17)23-10-8-22(9-11-23)7-3-6-20/h4-5,12-13H,3,7-11H2,1-2H3/b17-13-. The van der Waals surface area contributed by atoms with Crippen molar-refractivity contribution >= 4 is 28.9 Å². The molecule has 1 amide bonds. The van der Waals surface area contributed by atoms with E-state index in [1.807, 2.05) is 24.3 Å². The van der Waals surface area contributed by atoms with Crippen molar-refractivity contribution in [2.45, 2.75) is 6.42 Å². The summed E-state index contributed by atoms with van der Waals surface area (Å²) >= 11 is 1.41. The first kappa shape index (κ1) is 19.3. The van der Waals surface area contributed by atoms with E-state index in [-0.39, 0.29) is 5.91 Å². The molecular weight excluding hydrogens is 364 g/mol. The second-order valence-corrected chi connectivity index (χ2v) is 7.17. The summed E-state index contributed by atoms with van der Waals surface area (Å²) in [5.74, 6) is 1.06. The summed E-state index contributed by atoms with van der Waals surface area (Å²) in [5, 5.41) is 9.45. The van der Waals surface area contributed by atoms with Gasteiger partial charge in [0.2, 0.25) is 0 Å². The van der Waals surface area contributed by atoms with Crippen LogP contribution in [-0.4, -0.2) is 67.8 Å².